The van der Waals surface area contributed by atoms with Crippen molar-refractivity contribution in [2.75, 3.05) is 44.4 Å². The monoisotopic (exact) mass is 775 g/mol. The summed E-state index contributed by atoms with van der Waals surface area (Å²) in [6.07, 6.45) is 3.72. The van der Waals surface area contributed by atoms with E-state index in [-0.39, 0.29) is 37.2 Å². The second kappa shape index (κ2) is 21.5. The summed E-state index contributed by atoms with van der Waals surface area (Å²) < 4.78 is 65.6. The summed E-state index contributed by atoms with van der Waals surface area (Å²) in [5.74, 6) is -0.0227. The summed E-state index contributed by atoms with van der Waals surface area (Å²) in [4.78, 5) is 27.6. The first-order valence-electron chi connectivity index (χ1n) is 17.6. The lowest BCUT2D eigenvalue weighted by atomic mass is 9.94. The first-order valence-corrected chi connectivity index (χ1v) is 21.2. The van der Waals surface area contributed by atoms with Gasteiger partial charge >= 0.3 is 12.2 Å². The van der Waals surface area contributed by atoms with Crippen LogP contribution in [0.25, 0.3) is 0 Å². The number of anilines is 1. The molecule has 0 radical (unpaired) electrons. The molecule has 0 aliphatic carbocycles. The van der Waals surface area contributed by atoms with Crippen molar-refractivity contribution in [2.45, 2.75) is 65.0 Å². The van der Waals surface area contributed by atoms with Gasteiger partial charge in [-0.25, -0.2) is 9.59 Å². The van der Waals surface area contributed by atoms with Crippen LogP contribution in [0.1, 0.15) is 50.7 Å². The molecule has 3 aromatic carbocycles. The van der Waals surface area contributed by atoms with Crippen LogP contribution >= 0.6 is 0 Å². The Bertz CT molecular complexity index is 1640. The van der Waals surface area contributed by atoms with Crippen molar-refractivity contribution in [3.05, 3.63) is 102 Å². The van der Waals surface area contributed by atoms with Gasteiger partial charge in [-0.05, 0) is 62.8 Å². The molecule has 2 amide bonds. The smallest absolute Gasteiger partial charge is 0.410 e. The molecule has 3 aromatic rings. The van der Waals surface area contributed by atoms with Crippen LogP contribution in [0.3, 0.4) is 0 Å². The first-order chi connectivity index (χ1) is 25.1. The lowest BCUT2D eigenvalue weighted by Crippen LogP contribution is -2.44. The zero-order chi connectivity index (χ0) is 38.9. The van der Waals surface area contributed by atoms with E-state index in [1.165, 1.54) is 0 Å². The highest BCUT2D eigenvalue weighted by atomic mass is 32.2. The van der Waals surface area contributed by atoms with E-state index < -0.39 is 32.4 Å². The first kappa shape index (κ1) is 43.2. The van der Waals surface area contributed by atoms with Gasteiger partial charge in [0.05, 0.1) is 24.7 Å². The molecule has 292 valence electrons. The number of piperidine rings is 2. The summed E-state index contributed by atoms with van der Waals surface area (Å²) in [5.41, 5.74) is 8.05. The molecule has 0 spiro atoms. The molecule has 2 fully saturated rings. The van der Waals surface area contributed by atoms with Crippen LogP contribution in [-0.2, 0) is 51.3 Å². The van der Waals surface area contributed by atoms with Crippen molar-refractivity contribution >= 4 is 38.1 Å². The highest BCUT2D eigenvalue weighted by Crippen LogP contribution is 2.24. The molecule has 2 aliphatic rings. The molecular weight excluding hydrogens is 723 g/mol. The van der Waals surface area contributed by atoms with Crippen LogP contribution in [-0.4, -0.2) is 89.7 Å². The number of hydrogen-bond donors (Lipinski definition) is 1. The van der Waals surface area contributed by atoms with Gasteiger partial charge in [0.15, 0.2) is 0 Å². The molecule has 15 heteroatoms. The SMILES string of the molecule is C[C@@H](OS(C)(=O)=O)[C@@H]1CCCN(C(=O)OCc2ccccc2)C1.C[C@H](OS(C)(=O)=O)[C@@H]1CCCN(C(=O)OCc2ccccc2)C1.Nc1ccccc1. The molecule has 5 rings (SSSR count). The zero-order valence-corrected chi connectivity index (χ0v) is 32.5. The summed E-state index contributed by atoms with van der Waals surface area (Å²) in [7, 11) is -6.98. The van der Waals surface area contributed by atoms with Gasteiger partial charge in [-0.3, -0.25) is 8.37 Å². The molecule has 0 bridgehead atoms. The van der Waals surface area contributed by atoms with Crippen molar-refractivity contribution in [3.8, 4) is 0 Å². The third-order valence-electron chi connectivity index (χ3n) is 8.62. The third kappa shape index (κ3) is 17.5. The predicted octanol–water partition coefficient (Wildman–Crippen LogP) is 6.07. The minimum absolute atomic E-state index is 0.0113. The fraction of sp³-hybridized carbons (Fsp3) is 0.474. The molecule has 0 saturated carbocycles. The fourth-order valence-electron chi connectivity index (χ4n) is 5.90. The number of carbonyl (C=O) groups is 2. The Hall–Kier alpha value is -4.18. The van der Waals surface area contributed by atoms with Gasteiger partial charge in [0, 0.05) is 43.7 Å². The van der Waals surface area contributed by atoms with E-state index in [9.17, 15) is 26.4 Å². The van der Waals surface area contributed by atoms with Crippen molar-refractivity contribution in [3.63, 3.8) is 0 Å². The average Bonchev–Trinajstić information content (AvgIpc) is 3.13. The Morgan fingerprint density at radius 2 is 0.981 bits per heavy atom. The summed E-state index contributed by atoms with van der Waals surface area (Å²) in [6.45, 7) is 6.06. The molecule has 0 aromatic heterocycles. The maximum atomic E-state index is 12.2. The van der Waals surface area contributed by atoms with Crippen LogP contribution in [0, 0.1) is 11.8 Å². The van der Waals surface area contributed by atoms with Crippen LogP contribution in [0.15, 0.2) is 91.0 Å². The van der Waals surface area contributed by atoms with E-state index in [2.05, 4.69) is 0 Å². The van der Waals surface area contributed by atoms with Gasteiger partial charge in [-0.2, -0.15) is 16.8 Å². The van der Waals surface area contributed by atoms with Crippen LogP contribution < -0.4 is 5.73 Å². The largest absolute Gasteiger partial charge is 0.445 e. The lowest BCUT2D eigenvalue weighted by Gasteiger charge is -2.34. The number of nitrogen functional groups attached to an aromatic ring is 1. The molecule has 0 unspecified atom stereocenters. The van der Waals surface area contributed by atoms with Crippen molar-refractivity contribution in [2.24, 2.45) is 11.8 Å². The Labute approximate surface area is 314 Å². The Kier molecular flexibility index (Phi) is 17.5. The Morgan fingerprint density at radius 3 is 1.28 bits per heavy atom. The number of amides is 2. The number of ether oxygens (including phenoxy) is 2. The van der Waals surface area contributed by atoms with E-state index in [1.54, 1.807) is 23.6 Å². The van der Waals surface area contributed by atoms with Gasteiger partial charge in [0.25, 0.3) is 20.2 Å². The minimum atomic E-state index is -3.49. The van der Waals surface area contributed by atoms with Crippen molar-refractivity contribution in [1.82, 2.24) is 9.80 Å². The molecule has 2 heterocycles. The van der Waals surface area contributed by atoms with E-state index in [4.69, 9.17) is 23.6 Å². The molecule has 2 aliphatic heterocycles. The third-order valence-corrected chi connectivity index (χ3v) is 9.93. The molecule has 2 saturated heterocycles. The van der Waals surface area contributed by atoms with E-state index in [0.29, 0.717) is 26.2 Å². The standard InChI is InChI=1S/2C16H23NO5S.C6H7N/c2*1-13(22-23(2,19)20)15-9-6-10-17(11-15)16(18)21-12-14-7-4-3-5-8-14;7-6-4-2-1-3-5-6/h2*3-5,7-8,13,15H,6,9-12H2,1-2H3;1-5H,7H2/t13-,15+;13-,15-;/m01./s1. The van der Waals surface area contributed by atoms with E-state index >= 15 is 0 Å². The van der Waals surface area contributed by atoms with Crippen LogP contribution in [0.4, 0.5) is 15.3 Å². The maximum Gasteiger partial charge on any atom is 0.410 e. The number of hydrogen-bond acceptors (Lipinski definition) is 11. The number of para-hydroxylation sites is 1. The molecule has 13 nitrogen and oxygen atoms in total. The van der Waals surface area contributed by atoms with E-state index in [0.717, 1.165) is 55.0 Å². The number of likely N-dealkylation sites (tertiary alicyclic amines) is 2. The lowest BCUT2D eigenvalue weighted by molar-refractivity contribution is 0.0543. The van der Waals surface area contributed by atoms with Crippen molar-refractivity contribution < 1.29 is 44.3 Å². The predicted molar refractivity (Wildman–Crippen MR) is 203 cm³/mol. The van der Waals surface area contributed by atoms with E-state index in [1.807, 2.05) is 91.0 Å². The molecule has 53 heavy (non-hydrogen) atoms. The van der Waals surface area contributed by atoms with Gasteiger partial charge in [0.1, 0.15) is 13.2 Å². The van der Waals surface area contributed by atoms with Crippen LogP contribution in [0.5, 0.6) is 0 Å². The fourth-order valence-corrected chi connectivity index (χ4v) is 7.32. The summed E-state index contributed by atoms with van der Waals surface area (Å²) >= 11 is 0. The van der Waals surface area contributed by atoms with Gasteiger partial charge in [0.2, 0.25) is 0 Å². The number of nitrogens with two attached hydrogens (primary N) is 1. The number of nitrogens with zero attached hydrogens (tertiary/aromatic N) is 2. The highest BCUT2D eigenvalue weighted by Gasteiger charge is 2.31. The number of rotatable bonds is 10. The topological polar surface area (TPSA) is 172 Å². The molecule has 4 atom stereocenters. The average molecular weight is 776 g/mol. The van der Waals surface area contributed by atoms with Gasteiger partial charge in [-0.1, -0.05) is 78.9 Å². The molecular formula is C38H53N3O10S2. The second-order valence-electron chi connectivity index (χ2n) is 13.2. The highest BCUT2D eigenvalue weighted by molar-refractivity contribution is 7.86. The number of carbonyl (C=O) groups excluding carboxylic acids is 2. The Balaban J connectivity index is 0.000000241. The second-order valence-corrected chi connectivity index (χ2v) is 16.4. The van der Waals surface area contributed by atoms with Gasteiger partial charge < -0.3 is 25.0 Å². The summed E-state index contributed by atoms with van der Waals surface area (Å²) in [5, 5.41) is 0. The van der Waals surface area contributed by atoms with Gasteiger partial charge in [-0.15, -0.1) is 0 Å². The number of benzene rings is 3. The molecule has 2 N–H and O–H groups in total. The summed E-state index contributed by atoms with van der Waals surface area (Å²) in [6, 6.07) is 28.5. The quantitative estimate of drug-likeness (QED) is 0.187. The maximum absolute atomic E-state index is 12.2. The minimum Gasteiger partial charge on any atom is -0.445 e. The van der Waals surface area contributed by atoms with Crippen molar-refractivity contribution in [1.29, 1.82) is 0 Å². The normalized spacial score (nSPS) is 18.6. The van der Waals surface area contributed by atoms with Crippen LogP contribution in [0.2, 0.25) is 0 Å². The zero-order valence-electron chi connectivity index (χ0n) is 30.9. The Morgan fingerprint density at radius 1 is 0.642 bits per heavy atom.